The largest absolute Gasteiger partial charge is 0.495 e. The molecule has 2 aromatic heterocycles. The smallest absolute Gasteiger partial charge is 0.234 e. The van der Waals surface area contributed by atoms with E-state index >= 15 is 0 Å². The molecule has 0 saturated carbocycles. The molecule has 30 heavy (non-hydrogen) atoms. The molecule has 2 heterocycles. The van der Waals surface area contributed by atoms with Gasteiger partial charge >= 0.3 is 0 Å². The minimum absolute atomic E-state index is 0.160. The fraction of sp³-hybridized carbons (Fsp3) is 0.190. The summed E-state index contributed by atoms with van der Waals surface area (Å²) in [6, 6.07) is 9.38. The zero-order valence-corrected chi connectivity index (χ0v) is 18.1. The minimum atomic E-state index is -0.210. The minimum Gasteiger partial charge on any atom is -0.495 e. The first kappa shape index (κ1) is 20.3. The van der Waals surface area contributed by atoms with Crippen LogP contribution in [0.4, 0.5) is 5.69 Å². The third-order valence-electron chi connectivity index (χ3n) is 4.59. The van der Waals surface area contributed by atoms with Gasteiger partial charge in [0.1, 0.15) is 28.4 Å². The van der Waals surface area contributed by atoms with Crippen molar-refractivity contribution in [2.45, 2.75) is 11.9 Å². The normalized spacial score (nSPS) is 11.1. The number of H-pyrrole nitrogens is 1. The molecule has 0 bridgehead atoms. The van der Waals surface area contributed by atoms with E-state index in [1.807, 2.05) is 19.1 Å². The Morgan fingerprint density at radius 3 is 2.73 bits per heavy atom. The van der Waals surface area contributed by atoms with Gasteiger partial charge in [0, 0.05) is 17.0 Å². The number of carbonyl (C=O) groups excluding carboxylic acids is 1. The highest BCUT2D eigenvalue weighted by molar-refractivity contribution is 8.00. The summed E-state index contributed by atoms with van der Waals surface area (Å²) < 4.78 is 10.5. The maximum absolute atomic E-state index is 12.6. The molecule has 7 nitrogen and oxygen atoms in total. The monoisotopic (exact) mass is 442 g/mol. The molecule has 9 heteroatoms. The fourth-order valence-electron chi connectivity index (χ4n) is 3.17. The Balaban J connectivity index is 1.54. The highest BCUT2D eigenvalue weighted by atomic mass is 35.5. The molecule has 0 aliphatic rings. The Hall–Kier alpha value is -2.97. The molecule has 0 saturated heterocycles. The quantitative estimate of drug-likeness (QED) is 0.328. The third-order valence-corrected chi connectivity index (χ3v) is 5.88. The summed E-state index contributed by atoms with van der Waals surface area (Å²) in [5.74, 6) is 0.884. The van der Waals surface area contributed by atoms with Crippen molar-refractivity contribution < 1.29 is 14.3 Å². The Labute approximate surface area is 182 Å². The zero-order valence-electron chi connectivity index (χ0n) is 16.6. The number of carbonyl (C=O) groups is 1. The molecular weight excluding hydrogens is 424 g/mol. The van der Waals surface area contributed by atoms with Crippen LogP contribution in [-0.2, 0) is 4.79 Å². The van der Waals surface area contributed by atoms with Gasteiger partial charge in [-0.3, -0.25) is 4.79 Å². The van der Waals surface area contributed by atoms with Crippen LogP contribution >= 0.6 is 23.4 Å². The van der Waals surface area contributed by atoms with Gasteiger partial charge in [-0.2, -0.15) is 0 Å². The average Bonchev–Trinajstić information content (AvgIpc) is 3.11. The highest BCUT2D eigenvalue weighted by Gasteiger charge is 2.15. The molecule has 0 aliphatic heterocycles. The molecule has 2 N–H and O–H groups in total. The molecule has 0 atom stereocenters. The number of aromatic amines is 1. The molecule has 1 amide bonds. The Morgan fingerprint density at radius 2 is 1.97 bits per heavy atom. The first-order valence-electron chi connectivity index (χ1n) is 9.07. The second-order valence-electron chi connectivity index (χ2n) is 6.60. The third kappa shape index (κ3) is 3.88. The van der Waals surface area contributed by atoms with Gasteiger partial charge in [0.05, 0.1) is 36.2 Å². The summed E-state index contributed by atoms with van der Waals surface area (Å²) >= 11 is 7.50. The lowest BCUT2D eigenvalue weighted by Crippen LogP contribution is -2.15. The van der Waals surface area contributed by atoms with Crippen molar-refractivity contribution in [1.82, 2.24) is 15.0 Å². The molecule has 4 rings (SSSR count). The first-order valence-corrected chi connectivity index (χ1v) is 10.4. The van der Waals surface area contributed by atoms with Gasteiger partial charge in [0.25, 0.3) is 0 Å². The Bertz CT molecular complexity index is 1260. The number of thioether (sulfide) groups is 1. The summed E-state index contributed by atoms with van der Waals surface area (Å²) in [6.45, 7) is 2.04. The van der Waals surface area contributed by atoms with Crippen LogP contribution in [0, 0.1) is 6.92 Å². The summed E-state index contributed by atoms with van der Waals surface area (Å²) in [6.07, 6.45) is 1.52. The number of nitrogens with zero attached hydrogens (tertiary/aromatic N) is 2. The van der Waals surface area contributed by atoms with Gasteiger partial charge < -0.3 is 19.8 Å². The van der Waals surface area contributed by atoms with Crippen molar-refractivity contribution in [3.8, 4) is 11.5 Å². The van der Waals surface area contributed by atoms with Crippen LogP contribution in [0.2, 0.25) is 5.02 Å². The number of aryl methyl sites for hydroxylation is 1. The first-order chi connectivity index (χ1) is 14.5. The lowest BCUT2D eigenvalue weighted by Gasteiger charge is -2.13. The van der Waals surface area contributed by atoms with Crippen molar-refractivity contribution in [2.24, 2.45) is 0 Å². The number of rotatable bonds is 6. The highest BCUT2D eigenvalue weighted by Crippen LogP contribution is 2.36. The van der Waals surface area contributed by atoms with Crippen molar-refractivity contribution in [3.05, 3.63) is 47.2 Å². The van der Waals surface area contributed by atoms with Crippen molar-refractivity contribution in [3.63, 3.8) is 0 Å². The van der Waals surface area contributed by atoms with Gasteiger partial charge in [-0.15, -0.1) is 0 Å². The van der Waals surface area contributed by atoms with Crippen LogP contribution in [0.3, 0.4) is 0 Å². The van der Waals surface area contributed by atoms with E-state index in [4.69, 9.17) is 21.1 Å². The number of methoxy groups -OCH3 is 2. The molecule has 0 radical (unpaired) electrons. The molecule has 0 unspecified atom stereocenters. The van der Waals surface area contributed by atoms with E-state index in [0.29, 0.717) is 27.2 Å². The van der Waals surface area contributed by atoms with Gasteiger partial charge in [-0.1, -0.05) is 35.0 Å². The maximum atomic E-state index is 12.6. The van der Waals surface area contributed by atoms with Crippen molar-refractivity contribution in [2.75, 3.05) is 25.3 Å². The number of anilines is 1. The number of benzene rings is 2. The van der Waals surface area contributed by atoms with Crippen molar-refractivity contribution in [1.29, 1.82) is 0 Å². The van der Waals surface area contributed by atoms with Gasteiger partial charge in [-0.05, 0) is 25.1 Å². The SMILES string of the molecule is COc1cc(OC)c(NC(=O)CSc2ncnc3c2[nH]c2ccc(C)cc23)cc1Cl. The van der Waals surface area contributed by atoms with Crippen LogP contribution < -0.4 is 14.8 Å². The second kappa shape index (κ2) is 8.41. The molecule has 0 aliphatic carbocycles. The van der Waals surface area contributed by atoms with E-state index in [9.17, 15) is 4.79 Å². The number of hydrogen-bond acceptors (Lipinski definition) is 6. The predicted molar refractivity (Wildman–Crippen MR) is 120 cm³/mol. The number of amides is 1. The average molecular weight is 443 g/mol. The van der Waals surface area contributed by atoms with E-state index in [2.05, 4.69) is 26.3 Å². The molecular formula is C21H19ClN4O3S. The maximum Gasteiger partial charge on any atom is 0.234 e. The zero-order chi connectivity index (χ0) is 21.3. The number of fused-ring (bicyclic) bond motifs is 3. The molecule has 0 spiro atoms. The van der Waals surface area contributed by atoms with E-state index in [1.54, 1.807) is 12.1 Å². The van der Waals surface area contributed by atoms with E-state index in [-0.39, 0.29) is 11.7 Å². The number of hydrogen-bond donors (Lipinski definition) is 2. The van der Waals surface area contributed by atoms with Crippen molar-refractivity contribution >= 4 is 56.9 Å². The molecule has 0 fully saturated rings. The van der Waals surface area contributed by atoms with Crippen LogP contribution in [0.1, 0.15) is 5.56 Å². The van der Waals surface area contributed by atoms with Gasteiger partial charge in [-0.25, -0.2) is 9.97 Å². The summed E-state index contributed by atoms with van der Waals surface area (Å²) in [5, 5.41) is 4.96. The summed E-state index contributed by atoms with van der Waals surface area (Å²) in [7, 11) is 3.03. The Morgan fingerprint density at radius 1 is 1.17 bits per heavy atom. The summed E-state index contributed by atoms with van der Waals surface area (Å²) in [5.41, 5.74) is 4.28. The second-order valence-corrected chi connectivity index (χ2v) is 7.97. The molecule has 154 valence electrons. The number of nitrogens with one attached hydrogen (secondary N) is 2. The van der Waals surface area contributed by atoms with Crippen LogP contribution in [0.5, 0.6) is 11.5 Å². The number of ether oxygens (including phenoxy) is 2. The van der Waals surface area contributed by atoms with Gasteiger partial charge in [0.2, 0.25) is 5.91 Å². The van der Waals surface area contributed by atoms with Gasteiger partial charge in [0.15, 0.2) is 0 Å². The number of aromatic nitrogens is 3. The van der Waals surface area contributed by atoms with Crippen LogP contribution in [0.25, 0.3) is 21.9 Å². The van der Waals surface area contributed by atoms with Crippen LogP contribution in [-0.4, -0.2) is 40.8 Å². The predicted octanol–water partition coefficient (Wildman–Crippen LogP) is 4.82. The molecule has 2 aromatic carbocycles. The van der Waals surface area contributed by atoms with E-state index < -0.39 is 0 Å². The standard InChI is InChI=1S/C21H19ClN4O3S/c1-11-4-5-14-12(6-11)19-20(26-14)21(24-10-23-19)30-9-18(27)25-15-7-13(22)16(28-2)8-17(15)29-3/h4-8,10,26H,9H2,1-3H3,(H,25,27). The van der Waals surface area contributed by atoms with Crippen LogP contribution in [0.15, 0.2) is 41.7 Å². The topological polar surface area (TPSA) is 89.1 Å². The fourth-order valence-corrected chi connectivity index (χ4v) is 4.17. The lowest BCUT2D eigenvalue weighted by molar-refractivity contribution is -0.113. The van der Waals surface area contributed by atoms with E-state index in [1.165, 1.54) is 32.3 Å². The lowest BCUT2D eigenvalue weighted by atomic mass is 10.2. The Kier molecular flexibility index (Phi) is 5.69. The summed E-state index contributed by atoms with van der Waals surface area (Å²) in [4.78, 5) is 24.7. The van der Waals surface area contributed by atoms with E-state index in [0.717, 1.165) is 27.5 Å². The number of halogens is 1. The molecule has 4 aromatic rings.